The number of esters is 2. The molecule has 0 bridgehead atoms. The molecule has 1 atom stereocenters. The normalized spacial score (nSPS) is 14.9. The molecule has 1 heterocycles. The van der Waals surface area contributed by atoms with Crippen molar-refractivity contribution in [1.29, 1.82) is 0 Å². The largest absolute Gasteiger partial charge is 0.462 e. The monoisotopic (exact) mass is 368 g/mol. The molecular formula is C21H36O5. The zero-order valence-corrected chi connectivity index (χ0v) is 17.0. The number of carbonyl (C=O) groups is 2. The molecule has 1 rings (SSSR count). The molecule has 0 radical (unpaired) electrons. The van der Waals surface area contributed by atoms with E-state index < -0.39 is 0 Å². The molecule has 0 aromatic heterocycles. The van der Waals surface area contributed by atoms with Gasteiger partial charge in [0.2, 0.25) is 0 Å². The lowest BCUT2D eigenvalue weighted by atomic mass is 10.0. The predicted molar refractivity (Wildman–Crippen MR) is 104 cm³/mol. The average molecular weight is 369 g/mol. The van der Waals surface area contributed by atoms with Crippen LogP contribution in [0.2, 0.25) is 0 Å². The molecule has 1 saturated heterocycles. The van der Waals surface area contributed by atoms with Gasteiger partial charge in [-0.1, -0.05) is 59.1 Å². The molecule has 150 valence electrons. The Bertz CT molecular complexity index is 449. The molecule has 1 aliphatic heterocycles. The van der Waals surface area contributed by atoms with E-state index in [0.717, 1.165) is 18.8 Å². The van der Waals surface area contributed by atoms with Gasteiger partial charge in [0.15, 0.2) is 0 Å². The first-order valence-electron chi connectivity index (χ1n) is 9.50. The van der Waals surface area contributed by atoms with Crippen LogP contribution in [0.5, 0.6) is 0 Å². The molecule has 0 N–H and O–H groups in total. The van der Waals surface area contributed by atoms with Crippen molar-refractivity contribution in [1.82, 2.24) is 0 Å². The number of carbonyl (C=O) groups excluding carboxylic acids is 2. The maximum Gasteiger partial charge on any atom is 0.333 e. The summed E-state index contributed by atoms with van der Waals surface area (Å²) in [6.07, 6.45) is 7.46. The summed E-state index contributed by atoms with van der Waals surface area (Å²) < 4.78 is 14.6. The highest BCUT2D eigenvalue weighted by Gasteiger charge is 2.24. The maximum atomic E-state index is 11.0. The van der Waals surface area contributed by atoms with Crippen molar-refractivity contribution >= 4 is 11.9 Å². The molecule has 0 spiro atoms. The number of rotatable bonds is 12. The molecule has 0 saturated carbocycles. The van der Waals surface area contributed by atoms with Gasteiger partial charge in [0, 0.05) is 11.1 Å². The van der Waals surface area contributed by atoms with Crippen molar-refractivity contribution in [2.75, 3.05) is 19.8 Å². The van der Waals surface area contributed by atoms with Crippen LogP contribution in [0.1, 0.15) is 66.2 Å². The van der Waals surface area contributed by atoms with Crippen LogP contribution in [-0.4, -0.2) is 37.9 Å². The summed E-state index contributed by atoms with van der Waals surface area (Å²) in [6, 6.07) is 0. The highest BCUT2D eigenvalue weighted by Crippen LogP contribution is 2.11. The Kier molecular flexibility index (Phi) is 13.6. The first-order valence-corrected chi connectivity index (χ1v) is 9.50. The van der Waals surface area contributed by atoms with E-state index in [1.165, 1.54) is 25.7 Å². The minimum absolute atomic E-state index is 0.142. The third kappa shape index (κ3) is 15.9. The highest BCUT2D eigenvalue weighted by molar-refractivity contribution is 5.87. The number of ether oxygens (including phenoxy) is 3. The van der Waals surface area contributed by atoms with E-state index in [0.29, 0.717) is 31.0 Å². The van der Waals surface area contributed by atoms with E-state index in [9.17, 15) is 9.59 Å². The van der Waals surface area contributed by atoms with Crippen LogP contribution in [0.4, 0.5) is 0 Å². The molecule has 5 heteroatoms. The first-order chi connectivity index (χ1) is 12.2. The third-order valence-corrected chi connectivity index (χ3v) is 3.66. The molecule has 0 aliphatic carbocycles. The van der Waals surface area contributed by atoms with Gasteiger partial charge < -0.3 is 14.2 Å². The average Bonchev–Trinajstić information content (AvgIpc) is 3.39. The van der Waals surface area contributed by atoms with Gasteiger partial charge in [0.25, 0.3) is 0 Å². The fraction of sp³-hybridized carbons (Fsp3) is 0.714. The van der Waals surface area contributed by atoms with Gasteiger partial charge >= 0.3 is 11.9 Å². The molecule has 26 heavy (non-hydrogen) atoms. The van der Waals surface area contributed by atoms with Crippen LogP contribution < -0.4 is 0 Å². The van der Waals surface area contributed by atoms with E-state index >= 15 is 0 Å². The molecule has 5 nitrogen and oxygen atoms in total. The lowest BCUT2D eigenvalue weighted by Crippen LogP contribution is -2.09. The Morgan fingerprint density at radius 2 is 1.46 bits per heavy atom. The quantitative estimate of drug-likeness (QED) is 0.218. The van der Waals surface area contributed by atoms with Gasteiger partial charge in [-0.2, -0.15) is 0 Å². The lowest BCUT2D eigenvalue weighted by Gasteiger charge is -2.05. The Balaban J connectivity index is 0.000000531. The standard InChI is InChI=1S/C14H26O2.C7H10O3/c1-12(2)10-8-6-5-7-9-11-16-14(15)13(3)4;1-5(2)7(8)10-4-6-3-9-6/h12H,3,5-11H2,1-2,4H3;6H,1,3-4H2,2H3. The summed E-state index contributed by atoms with van der Waals surface area (Å²) in [5.41, 5.74) is 0.914. The van der Waals surface area contributed by atoms with Crippen LogP contribution in [0.3, 0.4) is 0 Å². The Labute approximate surface area is 158 Å². The van der Waals surface area contributed by atoms with Crippen LogP contribution in [0.15, 0.2) is 24.3 Å². The Hall–Kier alpha value is -1.62. The van der Waals surface area contributed by atoms with Crippen molar-refractivity contribution in [3.63, 3.8) is 0 Å². The van der Waals surface area contributed by atoms with Gasteiger partial charge in [0.05, 0.1) is 13.2 Å². The van der Waals surface area contributed by atoms with Crippen molar-refractivity contribution in [3.05, 3.63) is 24.3 Å². The van der Waals surface area contributed by atoms with Gasteiger partial charge in [-0.05, 0) is 26.2 Å². The minimum Gasteiger partial charge on any atom is -0.462 e. The maximum absolute atomic E-state index is 11.0. The number of hydrogen-bond donors (Lipinski definition) is 0. The van der Waals surface area contributed by atoms with Gasteiger partial charge in [-0.15, -0.1) is 0 Å². The van der Waals surface area contributed by atoms with Crippen molar-refractivity contribution in [2.45, 2.75) is 72.3 Å². The summed E-state index contributed by atoms with van der Waals surface area (Å²) >= 11 is 0. The second-order valence-electron chi connectivity index (χ2n) is 7.20. The second kappa shape index (κ2) is 14.5. The molecular weight excluding hydrogens is 332 g/mol. The van der Waals surface area contributed by atoms with Gasteiger partial charge in [-0.3, -0.25) is 0 Å². The fourth-order valence-corrected chi connectivity index (χ4v) is 1.93. The molecule has 1 fully saturated rings. The molecule has 0 amide bonds. The van der Waals surface area contributed by atoms with Crippen LogP contribution in [-0.2, 0) is 23.8 Å². The summed E-state index contributed by atoms with van der Waals surface area (Å²) in [6.45, 7) is 16.4. The number of epoxide rings is 1. The molecule has 0 aromatic carbocycles. The van der Waals surface area contributed by atoms with Gasteiger partial charge in [-0.25, -0.2) is 9.59 Å². The van der Waals surface area contributed by atoms with E-state index in [-0.39, 0.29) is 18.0 Å². The minimum atomic E-state index is -0.337. The summed E-state index contributed by atoms with van der Waals surface area (Å²) in [5, 5.41) is 0. The second-order valence-corrected chi connectivity index (χ2v) is 7.20. The number of unbranched alkanes of at least 4 members (excludes halogenated alkanes) is 4. The van der Waals surface area contributed by atoms with Crippen molar-refractivity contribution < 1.29 is 23.8 Å². The van der Waals surface area contributed by atoms with Crippen LogP contribution >= 0.6 is 0 Å². The molecule has 1 unspecified atom stereocenters. The molecule has 0 aromatic rings. The van der Waals surface area contributed by atoms with E-state index in [4.69, 9.17) is 14.2 Å². The number of hydrogen-bond acceptors (Lipinski definition) is 5. The fourth-order valence-electron chi connectivity index (χ4n) is 1.93. The van der Waals surface area contributed by atoms with E-state index in [2.05, 4.69) is 27.0 Å². The summed E-state index contributed by atoms with van der Waals surface area (Å²) in [4.78, 5) is 21.7. The topological polar surface area (TPSA) is 65.1 Å². The smallest absolute Gasteiger partial charge is 0.333 e. The third-order valence-electron chi connectivity index (χ3n) is 3.66. The lowest BCUT2D eigenvalue weighted by molar-refractivity contribution is -0.140. The van der Waals surface area contributed by atoms with Gasteiger partial charge in [0.1, 0.15) is 12.7 Å². The zero-order valence-electron chi connectivity index (χ0n) is 17.0. The predicted octanol–water partition coefficient (Wildman–Crippen LogP) is 4.61. The van der Waals surface area contributed by atoms with Crippen LogP contribution in [0, 0.1) is 5.92 Å². The SMILES string of the molecule is C=C(C)C(=O)OCC1CO1.C=C(C)C(=O)OCCCCCCCC(C)C. The Morgan fingerprint density at radius 3 is 1.96 bits per heavy atom. The van der Waals surface area contributed by atoms with E-state index in [1.54, 1.807) is 13.8 Å². The summed E-state index contributed by atoms with van der Waals surface area (Å²) in [5.74, 6) is 0.215. The van der Waals surface area contributed by atoms with Crippen molar-refractivity contribution in [3.8, 4) is 0 Å². The van der Waals surface area contributed by atoms with Crippen LogP contribution in [0.25, 0.3) is 0 Å². The zero-order chi connectivity index (χ0) is 19.9. The Morgan fingerprint density at radius 1 is 0.962 bits per heavy atom. The summed E-state index contributed by atoms with van der Waals surface area (Å²) in [7, 11) is 0. The first kappa shape index (κ1) is 24.4. The van der Waals surface area contributed by atoms with Crippen molar-refractivity contribution in [2.24, 2.45) is 5.92 Å². The highest BCUT2D eigenvalue weighted by atomic mass is 16.6. The molecule has 1 aliphatic rings. The van der Waals surface area contributed by atoms with E-state index in [1.807, 2.05) is 0 Å².